The lowest BCUT2D eigenvalue weighted by molar-refractivity contribution is 0.198. The number of likely N-dealkylation sites (tertiary alicyclic amines) is 1. The van der Waals surface area contributed by atoms with Crippen molar-refractivity contribution in [3.05, 3.63) is 59.4 Å². The molecule has 2 aromatic carbocycles. The number of hydrogen-bond donors (Lipinski definition) is 3. The first kappa shape index (κ1) is 21.9. The van der Waals surface area contributed by atoms with Crippen molar-refractivity contribution in [1.29, 1.82) is 0 Å². The molecule has 0 saturated carbocycles. The van der Waals surface area contributed by atoms with Gasteiger partial charge in [0, 0.05) is 32.2 Å². The topological polar surface area (TPSA) is 69.1 Å². The fourth-order valence-corrected chi connectivity index (χ4v) is 3.64. The van der Waals surface area contributed by atoms with E-state index in [9.17, 15) is 9.50 Å². The molecule has 0 radical (unpaired) electrons. The molecule has 0 aliphatic carbocycles. The van der Waals surface area contributed by atoms with Crippen LogP contribution in [-0.4, -0.2) is 48.8 Å². The molecule has 0 unspecified atom stereocenters. The number of halogens is 1. The highest BCUT2D eigenvalue weighted by molar-refractivity contribution is 5.80. The van der Waals surface area contributed by atoms with Crippen LogP contribution >= 0.6 is 0 Å². The summed E-state index contributed by atoms with van der Waals surface area (Å²) in [6.07, 6.45) is 1.99. The number of hydrogen-bond acceptors (Lipinski definition) is 4. The first-order chi connectivity index (χ1) is 14.6. The maximum Gasteiger partial charge on any atom is 0.191 e. The van der Waals surface area contributed by atoms with E-state index >= 15 is 0 Å². The molecule has 2 aromatic rings. The van der Waals surface area contributed by atoms with E-state index in [0.717, 1.165) is 56.1 Å². The first-order valence-corrected chi connectivity index (χ1v) is 10.4. The van der Waals surface area contributed by atoms with E-state index in [-0.39, 0.29) is 17.3 Å². The lowest BCUT2D eigenvalue weighted by Crippen LogP contribution is -2.48. The summed E-state index contributed by atoms with van der Waals surface area (Å²) in [5.41, 5.74) is 1.93. The monoisotopic (exact) mass is 414 g/mol. The van der Waals surface area contributed by atoms with Gasteiger partial charge in [0.2, 0.25) is 0 Å². The zero-order valence-corrected chi connectivity index (χ0v) is 17.7. The van der Waals surface area contributed by atoms with Crippen LogP contribution < -0.4 is 15.4 Å². The largest absolute Gasteiger partial charge is 0.508 e. The zero-order valence-electron chi connectivity index (χ0n) is 17.7. The number of guanidine groups is 1. The van der Waals surface area contributed by atoms with Gasteiger partial charge < -0.3 is 20.5 Å². The number of rotatable bonds is 7. The normalized spacial score (nSPS) is 15.8. The lowest BCUT2D eigenvalue weighted by atomic mass is 10.0. The number of nitrogens with one attached hydrogen (secondary N) is 2. The number of piperidine rings is 1. The summed E-state index contributed by atoms with van der Waals surface area (Å²) < 4.78 is 18.9. The van der Waals surface area contributed by atoms with Gasteiger partial charge in [0.1, 0.15) is 5.75 Å². The number of aliphatic imine (C=N–C) groups is 1. The summed E-state index contributed by atoms with van der Waals surface area (Å²) in [6, 6.07) is 12.7. The summed E-state index contributed by atoms with van der Waals surface area (Å²) >= 11 is 0. The van der Waals surface area contributed by atoms with Gasteiger partial charge in [-0.2, -0.15) is 0 Å². The summed E-state index contributed by atoms with van der Waals surface area (Å²) in [6.45, 7) is 5.95. The van der Waals surface area contributed by atoms with Crippen LogP contribution in [0.15, 0.2) is 47.5 Å². The van der Waals surface area contributed by atoms with Crippen molar-refractivity contribution < 1.29 is 14.2 Å². The molecule has 1 heterocycles. The predicted octanol–water partition coefficient (Wildman–Crippen LogP) is 3.26. The van der Waals surface area contributed by atoms with Gasteiger partial charge in [-0.1, -0.05) is 18.2 Å². The van der Waals surface area contributed by atoms with Crippen LogP contribution in [0.1, 0.15) is 30.9 Å². The van der Waals surface area contributed by atoms with E-state index in [1.54, 1.807) is 24.3 Å². The first-order valence-electron chi connectivity index (χ1n) is 10.4. The molecule has 3 N–H and O–H groups in total. The van der Waals surface area contributed by atoms with Crippen molar-refractivity contribution in [3.8, 4) is 11.5 Å². The van der Waals surface area contributed by atoms with E-state index in [1.165, 1.54) is 7.11 Å². The van der Waals surface area contributed by atoms with E-state index in [0.29, 0.717) is 12.6 Å². The van der Waals surface area contributed by atoms with Crippen LogP contribution in [0.25, 0.3) is 0 Å². The minimum Gasteiger partial charge on any atom is -0.508 e. The molecule has 0 amide bonds. The highest BCUT2D eigenvalue weighted by atomic mass is 19.1. The Bertz CT molecular complexity index is 851. The number of nitrogens with zero attached hydrogens (tertiary/aromatic N) is 2. The third-order valence-electron chi connectivity index (χ3n) is 5.23. The number of methoxy groups -OCH3 is 1. The quantitative estimate of drug-likeness (QED) is 0.479. The Morgan fingerprint density at radius 3 is 2.67 bits per heavy atom. The zero-order chi connectivity index (χ0) is 21.3. The average molecular weight is 415 g/mol. The Hall–Kier alpha value is -2.80. The molecular weight excluding hydrogens is 383 g/mol. The van der Waals surface area contributed by atoms with Crippen molar-refractivity contribution in [2.75, 3.05) is 26.7 Å². The number of benzene rings is 2. The second-order valence-corrected chi connectivity index (χ2v) is 7.53. The molecule has 6 nitrogen and oxygen atoms in total. The van der Waals surface area contributed by atoms with E-state index < -0.39 is 0 Å². The number of phenolic OH excluding ortho intramolecular Hbond substituents is 1. The van der Waals surface area contributed by atoms with E-state index in [4.69, 9.17) is 4.74 Å². The predicted molar refractivity (Wildman–Crippen MR) is 117 cm³/mol. The Kier molecular flexibility index (Phi) is 7.90. The molecule has 0 spiro atoms. The molecular formula is C23H31FN4O2. The van der Waals surface area contributed by atoms with Gasteiger partial charge in [0.15, 0.2) is 17.5 Å². The van der Waals surface area contributed by atoms with Crippen molar-refractivity contribution in [2.24, 2.45) is 4.99 Å². The highest BCUT2D eigenvalue weighted by Crippen LogP contribution is 2.20. The van der Waals surface area contributed by atoms with Crippen LogP contribution in [0.5, 0.6) is 11.5 Å². The van der Waals surface area contributed by atoms with Gasteiger partial charge >= 0.3 is 0 Å². The summed E-state index contributed by atoms with van der Waals surface area (Å²) in [7, 11) is 1.48. The maximum absolute atomic E-state index is 13.9. The molecule has 1 fully saturated rings. The van der Waals surface area contributed by atoms with Gasteiger partial charge in [-0.3, -0.25) is 4.90 Å². The van der Waals surface area contributed by atoms with Gasteiger partial charge in [-0.05, 0) is 55.2 Å². The van der Waals surface area contributed by atoms with Crippen LogP contribution in [0.2, 0.25) is 0 Å². The maximum atomic E-state index is 13.9. The second-order valence-electron chi connectivity index (χ2n) is 7.53. The Morgan fingerprint density at radius 2 is 2.00 bits per heavy atom. The molecule has 1 aliphatic rings. The van der Waals surface area contributed by atoms with Gasteiger partial charge in [0.05, 0.1) is 13.7 Å². The Labute approximate surface area is 177 Å². The fourth-order valence-electron chi connectivity index (χ4n) is 3.64. The van der Waals surface area contributed by atoms with Crippen LogP contribution in [0.4, 0.5) is 4.39 Å². The standard InChI is InChI=1S/C23H31FN4O2/c1-3-25-23(26-15-17-5-4-6-20(29)13-17)27-19-9-11-28(12-10-19)16-18-7-8-22(30-2)21(24)14-18/h4-8,13-14,19,29H,3,9-12,15-16H2,1-2H3,(H2,25,26,27). The molecule has 0 bridgehead atoms. The molecule has 162 valence electrons. The number of phenols is 1. The number of ether oxygens (including phenoxy) is 1. The van der Waals surface area contributed by atoms with Crippen LogP contribution in [0, 0.1) is 5.82 Å². The Morgan fingerprint density at radius 1 is 1.20 bits per heavy atom. The lowest BCUT2D eigenvalue weighted by Gasteiger charge is -2.33. The van der Waals surface area contributed by atoms with Crippen molar-refractivity contribution in [1.82, 2.24) is 15.5 Å². The van der Waals surface area contributed by atoms with Gasteiger partial charge in [-0.15, -0.1) is 0 Å². The fraction of sp³-hybridized carbons (Fsp3) is 0.435. The summed E-state index contributed by atoms with van der Waals surface area (Å²) in [5, 5.41) is 16.4. The van der Waals surface area contributed by atoms with Crippen molar-refractivity contribution in [3.63, 3.8) is 0 Å². The molecule has 30 heavy (non-hydrogen) atoms. The second kappa shape index (κ2) is 10.8. The minimum atomic E-state index is -0.315. The molecule has 1 saturated heterocycles. The average Bonchev–Trinajstić information content (AvgIpc) is 2.74. The van der Waals surface area contributed by atoms with Crippen molar-refractivity contribution in [2.45, 2.75) is 38.9 Å². The molecule has 3 rings (SSSR count). The molecule has 7 heteroatoms. The number of aromatic hydroxyl groups is 1. The van der Waals surface area contributed by atoms with E-state index in [1.807, 2.05) is 25.1 Å². The summed E-state index contributed by atoms with van der Waals surface area (Å²) in [5.74, 6) is 1.01. The van der Waals surface area contributed by atoms with Crippen LogP contribution in [-0.2, 0) is 13.1 Å². The highest BCUT2D eigenvalue weighted by Gasteiger charge is 2.20. The Balaban J connectivity index is 1.50. The van der Waals surface area contributed by atoms with E-state index in [2.05, 4.69) is 20.5 Å². The smallest absolute Gasteiger partial charge is 0.191 e. The van der Waals surface area contributed by atoms with Crippen molar-refractivity contribution >= 4 is 5.96 Å². The summed E-state index contributed by atoms with van der Waals surface area (Å²) in [4.78, 5) is 6.99. The third kappa shape index (κ3) is 6.35. The molecule has 0 aromatic heterocycles. The minimum absolute atomic E-state index is 0.254. The molecule has 0 atom stereocenters. The third-order valence-corrected chi connectivity index (χ3v) is 5.23. The van der Waals surface area contributed by atoms with Crippen LogP contribution in [0.3, 0.4) is 0 Å². The van der Waals surface area contributed by atoms with Gasteiger partial charge in [0.25, 0.3) is 0 Å². The SMILES string of the molecule is CCNC(=NCc1cccc(O)c1)NC1CCN(Cc2ccc(OC)c(F)c2)CC1. The van der Waals surface area contributed by atoms with Gasteiger partial charge in [-0.25, -0.2) is 9.38 Å². The molecule has 1 aliphatic heterocycles.